The highest BCUT2D eigenvalue weighted by molar-refractivity contribution is 6.17. The van der Waals surface area contributed by atoms with Gasteiger partial charge in [-0.15, -0.1) is 11.6 Å². The molecule has 1 heterocycles. The van der Waals surface area contributed by atoms with Crippen molar-refractivity contribution < 1.29 is 4.74 Å². The number of ether oxygens (including phenoxy) is 1. The highest BCUT2D eigenvalue weighted by atomic mass is 35.5. The molecule has 4 heteroatoms. The molecular formula is C13H15ClN2O. The molecule has 0 fully saturated rings. The van der Waals surface area contributed by atoms with Crippen LogP contribution in [0, 0.1) is 13.8 Å². The third-order valence-electron chi connectivity index (χ3n) is 2.89. The van der Waals surface area contributed by atoms with Crippen molar-refractivity contribution in [2.45, 2.75) is 19.7 Å². The molecule has 0 spiro atoms. The van der Waals surface area contributed by atoms with E-state index in [0.29, 0.717) is 5.88 Å². The maximum Gasteiger partial charge on any atom is 0.119 e. The summed E-state index contributed by atoms with van der Waals surface area (Å²) in [5.41, 5.74) is 4.18. The minimum atomic E-state index is 0.494. The van der Waals surface area contributed by atoms with E-state index in [0.717, 1.165) is 28.4 Å². The van der Waals surface area contributed by atoms with E-state index in [-0.39, 0.29) is 0 Å². The Morgan fingerprint density at radius 3 is 2.35 bits per heavy atom. The van der Waals surface area contributed by atoms with Crippen LogP contribution in [0.15, 0.2) is 24.3 Å². The van der Waals surface area contributed by atoms with Gasteiger partial charge in [0.15, 0.2) is 0 Å². The monoisotopic (exact) mass is 250 g/mol. The summed E-state index contributed by atoms with van der Waals surface area (Å²) in [5, 5.41) is 4.50. The van der Waals surface area contributed by atoms with Crippen LogP contribution in [0.1, 0.15) is 17.0 Å². The summed E-state index contributed by atoms with van der Waals surface area (Å²) < 4.78 is 7.04. The Kier molecular flexibility index (Phi) is 3.38. The lowest BCUT2D eigenvalue weighted by Gasteiger charge is -2.06. The summed E-state index contributed by atoms with van der Waals surface area (Å²) >= 11 is 5.91. The number of aryl methyl sites for hydroxylation is 1. The van der Waals surface area contributed by atoms with Gasteiger partial charge in [-0.25, -0.2) is 4.68 Å². The van der Waals surface area contributed by atoms with Gasteiger partial charge in [0.1, 0.15) is 5.75 Å². The van der Waals surface area contributed by atoms with Crippen molar-refractivity contribution in [2.75, 3.05) is 7.11 Å². The van der Waals surface area contributed by atoms with E-state index in [4.69, 9.17) is 16.3 Å². The molecule has 0 radical (unpaired) electrons. The molecule has 0 bridgehead atoms. The van der Waals surface area contributed by atoms with E-state index in [2.05, 4.69) is 5.10 Å². The molecule has 0 saturated heterocycles. The fraction of sp³-hybridized carbons (Fsp3) is 0.308. The smallest absolute Gasteiger partial charge is 0.119 e. The Bertz CT molecular complexity index is 517. The Hall–Kier alpha value is -1.48. The molecule has 3 nitrogen and oxygen atoms in total. The third-order valence-corrected chi connectivity index (χ3v) is 3.16. The molecule has 0 N–H and O–H groups in total. The number of alkyl halides is 1. The van der Waals surface area contributed by atoms with Crippen molar-refractivity contribution in [3.05, 3.63) is 41.2 Å². The number of aromatic nitrogens is 2. The number of nitrogens with zero attached hydrogens (tertiary/aromatic N) is 2. The number of benzene rings is 1. The second-order valence-electron chi connectivity index (χ2n) is 3.89. The zero-order valence-corrected chi connectivity index (χ0v) is 11.0. The lowest BCUT2D eigenvalue weighted by atomic mass is 10.2. The fourth-order valence-corrected chi connectivity index (χ4v) is 2.23. The van der Waals surface area contributed by atoms with Crippen molar-refractivity contribution in [2.24, 2.45) is 0 Å². The van der Waals surface area contributed by atoms with E-state index in [1.165, 1.54) is 0 Å². The van der Waals surface area contributed by atoms with Crippen LogP contribution in [-0.4, -0.2) is 16.9 Å². The van der Waals surface area contributed by atoms with Crippen molar-refractivity contribution in [1.82, 2.24) is 9.78 Å². The lowest BCUT2D eigenvalue weighted by molar-refractivity contribution is 0.414. The van der Waals surface area contributed by atoms with Crippen molar-refractivity contribution in [3.8, 4) is 11.4 Å². The van der Waals surface area contributed by atoms with Gasteiger partial charge in [-0.05, 0) is 38.1 Å². The minimum Gasteiger partial charge on any atom is -0.497 e. The number of halogens is 1. The van der Waals surface area contributed by atoms with Gasteiger partial charge in [-0.3, -0.25) is 0 Å². The topological polar surface area (TPSA) is 27.1 Å². The normalized spacial score (nSPS) is 10.6. The second-order valence-corrected chi connectivity index (χ2v) is 4.16. The van der Waals surface area contributed by atoms with Gasteiger partial charge in [-0.1, -0.05) is 0 Å². The highest BCUT2D eigenvalue weighted by Gasteiger charge is 2.11. The molecule has 0 atom stereocenters. The SMILES string of the molecule is COc1ccc(-n2nc(C)c(CCl)c2C)cc1. The number of hydrogen-bond acceptors (Lipinski definition) is 2. The largest absolute Gasteiger partial charge is 0.497 e. The molecular weight excluding hydrogens is 236 g/mol. The van der Waals surface area contributed by atoms with Gasteiger partial charge < -0.3 is 4.74 Å². The van der Waals surface area contributed by atoms with E-state index in [1.54, 1.807) is 7.11 Å². The van der Waals surface area contributed by atoms with Gasteiger partial charge in [0.2, 0.25) is 0 Å². The first-order valence-corrected chi connectivity index (χ1v) is 5.96. The molecule has 2 rings (SSSR count). The van der Waals surface area contributed by atoms with Crippen LogP contribution in [0.25, 0.3) is 5.69 Å². The Balaban J connectivity index is 2.45. The molecule has 0 amide bonds. The quantitative estimate of drug-likeness (QED) is 0.782. The predicted octanol–water partition coefficient (Wildman–Crippen LogP) is 3.24. The van der Waals surface area contributed by atoms with Crippen LogP contribution < -0.4 is 4.74 Å². The summed E-state index contributed by atoms with van der Waals surface area (Å²) in [6.07, 6.45) is 0. The van der Waals surface area contributed by atoms with Gasteiger partial charge in [-0.2, -0.15) is 5.10 Å². The summed E-state index contributed by atoms with van der Waals surface area (Å²) in [6.45, 7) is 4.01. The van der Waals surface area contributed by atoms with Crippen LogP contribution in [0.3, 0.4) is 0 Å². The van der Waals surface area contributed by atoms with Crippen molar-refractivity contribution >= 4 is 11.6 Å². The van der Waals surface area contributed by atoms with Gasteiger partial charge in [0.05, 0.1) is 24.4 Å². The van der Waals surface area contributed by atoms with Crippen molar-refractivity contribution in [1.29, 1.82) is 0 Å². The first kappa shape index (κ1) is 12.0. The van der Waals surface area contributed by atoms with Gasteiger partial charge in [0, 0.05) is 11.3 Å². The summed E-state index contributed by atoms with van der Waals surface area (Å²) in [7, 11) is 1.66. The van der Waals surface area contributed by atoms with E-state index in [9.17, 15) is 0 Å². The molecule has 0 unspecified atom stereocenters. The number of rotatable bonds is 3. The van der Waals surface area contributed by atoms with Crippen LogP contribution in [0.4, 0.5) is 0 Å². The first-order chi connectivity index (χ1) is 8.17. The van der Waals surface area contributed by atoms with Crippen LogP contribution in [0.5, 0.6) is 5.75 Å². The molecule has 2 aromatic rings. The first-order valence-electron chi connectivity index (χ1n) is 5.43. The zero-order valence-electron chi connectivity index (χ0n) is 10.2. The molecule has 90 valence electrons. The second kappa shape index (κ2) is 4.80. The number of hydrogen-bond donors (Lipinski definition) is 0. The average molecular weight is 251 g/mol. The van der Waals surface area contributed by atoms with Gasteiger partial charge in [0.25, 0.3) is 0 Å². The van der Waals surface area contributed by atoms with E-state index >= 15 is 0 Å². The molecule has 0 aliphatic rings. The minimum absolute atomic E-state index is 0.494. The Labute approximate surface area is 106 Å². The van der Waals surface area contributed by atoms with Crippen molar-refractivity contribution in [3.63, 3.8) is 0 Å². The third kappa shape index (κ3) is 2.15. The molecule has 1 aromatic carbocycles. The molecule has 17 heavy (non-hydrogen) atoms. The lowest BCUT2D eigenvalue weighted by Crippen LogP contribution is -1.99. The summed E-state index contributed by atoms with van der Waals surface area (Å²) in [4.78, 5) is 0. The van der Waals surface area contributed by atoms with Crippen LogP contribution >= 0.6 is 11.6 Å². The number of methoxy groups -OCH3 is 1. The molecule has 0 saturated carbocycles. The van der Waals surface area contributed by atoms with Crippen LogP contribution in [0.2, 0.25) is 0 Å². The highest BCUT2D eigenvalue weighted by Crippen LogP contribution is 2.21. The fourth-order valence-electron chi connectivity index (χ4n) is 1.84. The predicted molar refractivity (Wildman–Crippen MR) is 69.1 cm³/mol. The Morgan fingerprint density at radius 1 is 1.24 bits per heavy atom. The average Bonchev–Trinajstić information content (AvgIpc) is 2.64. The summed E-state index contributed by atoms with van der Waals surface area (Å²) in [6, 6.07) is 7.81. The molecule has 0 aliphatic heterocycles. The van der Waals surface area contributed by atoms with Gasteiger partial charge >= 0.3 is 0 Å². The molecule has 0 aliphatic carbocycles. The standard InChI is InChI=1S/C13H15ClN2O/c1-9-13(8-14)10(2)16(15-9)11-4-6-12(17-3)7-5-11/h4-7H,8H2,1-3H3. The maximum absolute atomic E-state index is 5.91. The summed E-state index contributed by atoms with van der Waals surface area (Å²) in [5.74, 6) is 1.33. The zero-order chi connectivity index (χ0) is 12.4. The van der Waals surface area contributed by atoms with E-state index < -0.39 is 0 Å². The maximum atomic E-state index is 5.91. The molecule has 1 aromatic heterocycles. The van der Waals surface area contributed by atoms with E-state index in [1.807, 2.05) is 42.8 Å². The van der Waals surface area contributed by atoms with Crippen LogP contribution in [-0.2, 0) is 5.88 Å². The Morgan fingerprint density at radius 2 is 1.88 bits per heavy atom.